The zero-order chi connectivity index (χ0) is 12.4. The highest BCUT2D eigenvalue weighted by Gasteiger charge is 2.05. The van der Waals surface area contributed by atoms with Gasteiger partial charge in [-0.3, -0.25) is 9.36 Å². The van der Waals surface area contributed by atoms with Crippen LogP contribution in [0.4, 0.5) is 0 Å². The largest absolute Gasteiger partial charge is 0.292 e. The summed E-state index contributed by atoms with van der Waals surface area (Å²) in [6, 6.07) is 9.44. The molecule has 17 heavy (non-hydrogen) atoms. The molecule has 2 aromatic rings. The Balaban J connectivity index is 2.44. The normalized spacial score (nSPS) is 10.5. The predicted octanol–water partition coefficient (Wildman–Crippen LogP) is 2.67. The van der Waals surface area contributed by atoms with Gasteiger partial charge < -0.3 is 0 Å². The lowest BCUT2D eigenvalue weighted by Crippen LogP contribution is -2.24. The Kier molecular flexibility index (Phi) is 3.43. The summed E-state index contributed by atoms with van der Waals surface area (Å²) < 4.78 is 2.68. The minimum atomic E-state index is -0.00856. The van der Waals surface area contributed by atoms with E-state index in [1.807, 2.05) is 38.1 Å². The molecule has 0 saturated heterocycles. The van der Waals surface area contributed by atoms with E-state index in [0.717, 1.165) is 21.6 Å². The molecule has 0 spiro atoms. The Labute approximate surface area is 108 Å². The highest BCUT2D eigenvalue weighted by Crippen LogP contribution is 2.16. The van der Waals surface area contributed by atoms with Crippen LogP contribution < -0.4 is 5.56 Å². The highest BCUT2D eigenvalue weighted by atomic mass is 79.9. The van der Waals surface area contributed by atoms with Gasteiger partial charge in [-0.25, -0.2) is 4.98 Å². The van der Waals surface area contributed by atoms with Gasteiger partial charge in [0.1, 0.15) is 5.82 Å². The summed E-state index contributed by atoms with van der Waals surface area (Å²) in [5.74, 6) is 0.741. The van der Waals surface area contributed by atoms with Gasteiger partial charge in [-0.05, 0) is 25.5 Å². The van der Waals surface area contributed by atoms with Gasteiger partial charge >= 0.3 is 0 Å². The number of nitrogens with zero attached hydrogens (tertiary/aromatic N) is 2. The second-order valence-electron chi connectivity index (χ2n) is 3.96. The lowest BCUT2D eigenvalue weighted by atomic mass is 10.2. The van der Waals surface area contributed by atoms with Crippen molar-refractivity contribution in [3.63, 3.8) is 0 Å². The van der Waals surface area contributed by atoms with Crippen molar-refractivity contribution in [3.05, 3.63) is 62.2 Å². The third-order valence-corrected chi connectivity index (χ3v) is 3.39. The number of aromatic nitrogens is 2. The van der Waals surface area contributed by atoms with Gasteiger partial charge in [0, 0.05) is 16.2 Å². The monoisotopic (exact) mass is 292 g/mol. The van der Waals surface area contributed by atoms with Crippen molar-refractivity contribution in [1.29, 1.82) is 0 Å². The Hall–Kier alpha value is -1.42. The van der Waals surface area contributed by atoms with Crippen LogP contribution in [0.1, 0.15) is 17.1 Å². The Morgan fingerprint density at radius 1 is 1.29 bits per heavy atom. The van der Waals surface area contributed by atoms with Crippen molar-refractivity contribution < 1.29 is 0 Å². The fourth-order valence-electron chi connectivity index (χ4n) is 1.75. The third kappa shape index (κ3) is 2.64. The van der Waals surface area contributed by atoms with Crippen LogP contribution in [0.25, 0.3) is 0 Å². The summed E-state index contributed by atoms with van der Waals surface area (Å²) in [4.78, 5) is 16.2. The van der Waals surface area contributed by atoms with Crippen LogP contribution in [0.2, 0.25) is 0 Å². The summed E-state index contributed by atoms with van der Waals surface area (Å²) in [5.41, 5.74) is 1.82. The molecule has 0 radical (unpaired) electrons. The van der Waals surface area contributed by atoms with Gasteiger partial charge in [0.15, 0.2) is 0 Å². The van der Waals surface area contributed by atoms with Gasteiger partial charge in [0.05, 0.1) is 6.54 Å². The van der Waals surface area contributed by atoms with Crippen molar-refractivity contribution in [3.8, 4) is 0 Å². The molecule has 0 saturated carbocycles. The SMILES string of the molecule is Cc1cc(=O)n(Cc2ccccc2Br)c(C)n1. The van der Waals surface area contributed by atoms with Crippen LogP contribution in [0, 0.1) is 13.8 Å². The summed E-state index contributed by atoms with van der Waals surface area (Å²) in [7, 11) is 0. The first-order valence-corrected chi connectivity index (χ1v) is 6.16. The van der Waals surface area contributed by atoms with E-state index in [0.29, 0.717) is 6.54 Å². The molecule has 1 aromatic heterocycles. The summed E-state index contributed by atoms with van der Waals surface area (Å²) >= 11 is 3.48. The topological polar surface area (TPSA) is 34.9 Å². The minimum Gasteiger partial charge on any atom is -0.292 e. The minimum absolute atomic E-state index is 0.00856. The molecule has 0 aliphatic heterocycles. The molecule has 0 aliphatic carbocycles. The molecule has 0 atom stereocenters. The first kappa shape index (κ1) is 12.0. The molecule has 88 valence electrons. The number of benzene rings is 1. The van der Waals surface area contributed by atoms with Crippen LogP contribution in [-0.4, -0.2) is 9.55 Å². The van der Waals surface area contributed by atoms with E-state index in [2.05, 4.69) is 20.9 Å². The predicted molar refractivity (Wildman–Crippen MR) is 71.2 cm³/mol. The van der Waals surface area contributed by atoms with Crippen molar-refractivity contribution in [1.82, 2.24) is 9.55 Å². The lowest BCUT2D eigenvalue weighted by molar-refractivity contribution is 0.692. The number of hydrogen-bond donors (Lipinski definition) is 0. The second-order valence-corrected chi connectivity index (χ2v) is 4.81. The molecule has 0 N–H and O–H groups in total. The van der Waals surface area contributed by atoms with Gasteiger partial charge in [-0.1, -0.05) is 34.1 Å². The number of halogens is 1. The summed E-state index contributed by atoms with van der Waals surface area (Å²) in [6.45, 7) is 4.22. The van der Waals surface area contributed by atoms with Crippen LogP contribution in [-0.2, 0) is 6.54 Å². The molecule has 3 nitrogen and oxygen atoms in total. The number of hydrogen-bond acceptors (Lipinski definition) is 2. The van der Waals surface area contributed by atoms with Crippen molar-refractivity contribution in [2.45, 2.75) is 20.4 Å². The maximum atomic E-state index is 11.9. The summed E-state index contributed by atoms with van der Waals surface area (Å²) in [6.07, 6.45) is 0. The van der Waals surface area contributed by atoms with E-state index < -0.39 is 0 Å². The van der Waals surface area contributed by atoms with Crippen molar-refractivity contribution >= 4 is 15.9 Å². The smallest absolute Gasteiger partial charge is 0.254 e. The van der Waals surface area contributed by atoms with Crippen LogP contribution in [0.5, 0.6) is 0 Å². The van der Waals surface area contributed by atoms with Gasteiger partial charge in [-0.15, -0.1) is 0 Å². The highest BCUT2D eigenvalue weighted by molar-refractivity contribution is 9.10. The molecule has 0 fully saturated rings. The third-order valence-electron chi connectivity index (χ3n) is 2.61. The summed E-state index contributed by atoms with van der Waals surface area (Å²) in [5, 5.41) is 0. The van der Waals surface area contributed by atoms with Crippen molar-refractivity contribution in [2.75, 3.05) is 0 Å². The lowest BCUT2D eigenvalue weighted by Gasteiger charge is -2.10. The Bertz CT molecular complexity index is 605. The first-order chi connectivity index (χ1) is 8.08. The van der Waals surface area contributed by atoms with E-state index >= 15 is 0 Å². The average molecular weight is 293 g/mol. The van der Waals surface area contributed by atoms with Crippen LogP contribution in [0.3, 0.4) is 0 Å². The molecule has 2 rings (SSSR count). The van der Waals surface area contributed by atoms with Crippen LogP contribution in [0.15, 0.2) is 39.6 Å². The van der Waals surface area contributed by atoms with E-state index in [9.17, 15) is 4.79 Å². The van der Waals surface area contributed by atoms with Crippen molar-refractivity contribution in [2.24, 2.45) is 0 Å². The van der Waals surface area contributed by atoms with E-state index in [1.54, 1.807) is 10.6 Å². The van der Waals surface area contributed by atoms with E-state index in [-0.39, 0.29) is 5.56 Å². The second kappa shape index (κ2) is 4.84. The molecular weight excluding hydrogens is 280 g/mol. The molecule has 1 aromatic carbocycles. The zero-order valence-corrected chi connectivity index (χ0v) is 11.4. The molecule has 0 unspecified atom stereocenters. The van der Waals surface area contributed by atoms with Crippen LogP contribution >= 0.6 is 15.9 Å². The quantitative estimate of drug-likeness (QED) is 0.853. The molecular formula is C13H13BrN2O. The maximum absolute atomic E-state index is 11.9. The first-order valence-electron chi connectivity index (χ1n) is 5.36. The fraction of sp³-hybridized carbons (Fsp3) is 0.231. The Morgan fingerprint density at radius 2 is 2.00 bits per heavy atom. The molecule has 0 amide bonds. The van der Waals surface area contributed by atoms with Gasteiger partial charge in [-0.2, -0.15) is 0 Å². The molecule has 0 bridgehead atoms. The maximum Gasteiger partial charge on any atom is 0.254 e. The molecule has 1 heterocycles. The Morgan fingerprint density at radius 3 is 2.65 bits per heavy atom. The number of aryl methyl sites for hydroxylation is 2. The molecule has 4 heteroatoms. The van der Waals surface area contributed by atoms with E-state index in [4.69, 9.17) is 0 Å². The van der Waals surface area contributed by atoms with E-state index in [1.165, 1.54) is 0 Å². The zero-order valence-electron chi connectivity index (χ0n) is 9.77. The fourth-order valence-corrected chi connectivity index (χ4v) is 2.16. The standard InChI is InChI=1S/C13H13BrN2O/c1-9-7-13(17)16(10(2)15-9)8-11-5-3-4-6-12(11)14/h3-7H,8H2,1-2H3. The van der Waals surface area contributed by atoms with Gasteiger partial charge in [0.25, 0.3) is 5.56 Å². The molecule has 0 aliphatic rings. The van der Waals surface area contributed by atoms with Gasteiger partial charge in [0.2, 0.25) is 0 Å². The average Bonchev–Trinajstić information content (AvgIpc) is 2.25. The number of rotatable bonds is 2.